The van der Waals surface area contributed by atoms with Gasteiger partial charge in [-0.2, -0.15) is 0 Å². The molecule has 0 aliphatic carbocycles. The molecule has 1 amide bonds. The first-order valence-electron chi connectivity index (χ1n) is 5.07. The lowest BCUT2D eigenvalue weighted by atomic mass is 10.2. The van der Waals surface area contributed by atoms with Gasteiger partial charge in [0.25, 0.3) is 0 Å². The zero-order valence-corrected chi connectivity index (χ0v) is 9.40. The van der Waals surface area contributed by atoms with Crippen LogP contribution >= 0.6 is 0 Å². The van der Waals surface area contributed by atoms with Crippen molar-refractivity contribution in [2.75, 3.05) is 0 Å². The van der Waals surface area contributed by atoms with Gasteiger partial charge in [0, 0.05) is 18.8 Å². The van der Waals surface area contributed by atoms with Crippen LogP contribution in [0.2, 0.25) is 0 Å². The smallest absolute Gasteiger partial charge is 0.243 e. The van der Waals surface area contributed by atoms with Crippen LogP contribution in [-0.2, 0) is 11.3 Å². The summed E-state index contributed by atoms with van der Waals surface area (Å²) in [5.74, 6) is -0.0160. The van der Waals surface area contributed by atoms with Crippen molar-refractivity contribution < 1.29 is 4.79 Å². The number of amides is 1. The van der Waals surface area contributed by atoms with Crippen molar-refractivity contribution in [3.63, 3.8) is 0 Å². The Morgan fingerprint density at radius 3 is 2.80 bits per heavy atom. The Balaban J connectivity index is 2.75. The largest absolute Gasteiger partial charge is 0.352 e. The topological polar surface area (TPSA) is 72.9 Å². The molecule has 15 heavy (non-hydrogen) atoms. The highest BCUT2D eigenvalue weighted by molar-refractivity contribution is 5.80. The number of nitrogens with zero attached hydrogens (tertiary/aromatic N) is 2. The molecule has 0 spiro atoms. The van der Waals surface area contributed by atoms with Crippen molar-refractivity contribution in [3.8, 4) is 0 Å². The molecule has 0 radical (unpaired) electrons. The Kier molecular flexibility index (Phi) is 3.85. The number of carbonyl (C=O) groups is 1. The molecular weight excluding hydrogens is 192 g/mol. The summed E-state index contributed by atoms with van der Waals surface area (Å²) in [6.45, 7) is 6.09. The highest BCUT2D eigenvalue weighted by Crippen LogP contribution is 2.09. The van der Waals surface area contributed by atoms with Crippen molar-refractivity contribution in [1.29, 1.82) is 0 Å². The standard InChI is InChI=1S/C10H18N4O/c1-7(2)13-10(15)8(3)14-6-12-5-9(14)4-11/h5-8H,4,11H2,1-3H3,(H,13,15). The predicted molar refractivity (Wildman–Crippen MR) is 58.1 cm³/mol. The van der Waals surface area contributed by atoms with Crippen LogP contribution in [0.3, 0.4) is 0 Å². The zero-order valence-electron chi connectivity index (χ0n) is 9.40. The molecule has 1 aromatic heterocycles. The molecule has 1 unspecified atom stereocenters. The molecule has 84 valence electrons. The molecule has 0 saturated heterocycles. The lowest BCUT2D eigenvalue weighted by Crippen LogP contribution is -2.36. The highest BCUT2D eigenvalue weighted by atomic mass is 16.2. The quantitative estimate of drug-likeness (QED) is 0.756. The second kappa shape index (κ2) is 4.93. The van der Waals surface area contributed by atoms with E-state index in [0.29, 0.717) is 6.54 Å². The van der Waals surface area contributed by atoms with Crippen molar-refractivity contribution in [2.24, 2.45) is 5.73 Å². The van der Waals surface area contributed by atoms with Crippen LogP contribution in [0.4, 0.5) is 0 Å². The van der Waals surface area contributed by atoms with Crippen LogP contribution in [0.5, 0.6) is 0 Å². The average molecular weight is 210 g/mol. The SMILES string of the molecule is CC(C)NC(=O)C(C)n1cncc1CN. The first-order chi connectivity index (χ1) is 7.06. The van der Waals surface area contributed by atoms with E-state index in [0.717, 1.165) is 5.69 Å². The second-order valence-corrected chi connectivity index (χ2v) is 3.84. The highest BCUT2D eigenvalue weighted by Gasteiger charge is 2.17. The summed E-state index contributed by atoms with van der Waals surface area (Å²) < 4.78 is 1.79. The molecule has 1 aromatic rings. The van der Waals surface area contributed by atoms with Gasteiger partial charge >= 0.3 is 0 Å². The van der Waals surface area contributed by atoms with E-state index in [-0.39, 0.29) is 18.0 Å². The van der Waals surface area contributed by atoms with E-state index < -0.39 is 0 Å². The first kappa shape index (κ1) is 11.7. The van der Waals surface area contributed by atoms with Crippen LogP contribution in [0, 0.1) is 0 Å². The zero-order chi connectivity index (χ0) is 11.4. The lowest BCUT2D eigenvalue weighted by molar-refractivity contribution is -0.124. The van der Waals surface area contributed by atoms with Gasteiger partial charge in [0.05, 0.1) is 12.0 Å². The van der Waals surface area contributed by atoms with E-state index in [2.05, 4.69) is 10.3 Å². The number of carbonyl (C=O) groups excluding carboxylic acids is 1. The van der Waals surface area contributed by atoms with E-state index in [1.807, 2.05) is 20.8 Å². The normalized spacial score (nSPS) is 12.9. The average Bonchev–Trinajstić information content (AvgIpc) is 2.62. The Hall–Kier alpha value is -1.36. The van der Waals surface area contributed by atoms with Crippen LogP contribution < -0.4 is 11.1 Å². The number of hydrogen-bond acceptors (Lipinski definition) is 3. The van der Waals surface area contributed by atoms with Gasteiger partial charge in [0.15, 0.2) is 0 Å². The van der Waals surface area contributed by atoms with Gasteiger partial charge in [-0.1, -0.05) is 0 Å². The van der Waals surface area contributed by atoms with Crippen molar-refractivity contribution >= 4 is 5.91 Å². The lowest BCUT2D eigenvalue weighted by Gasteiger charge is -2.17. The molecule has 0 fully saturated rings. The maximum Gasteiger partial charge on any atom is 0.243 e. The minimum absolute atomic E-state index is 0.0160. The molecule has 1 rings (SSSR count). The predicted octanol–water partition coefficient (Wildman–Crippen LogP) is 0.427. The second-order valence-electron chi connectivity index (χ2n) is 3.84. The third kappa shape index (κ3) is 2.79. The molecule has 3 N–H and O–H groups in total. The van der Waals surface area contributed by atoms with Crippen LogP contribution in [0.15, 0.2) is 12.5 Å². The summed E-state index contributed by atoms with van der Waals surface area (Å²) in [6.07, 6.45) is 3.31. The molecule has 0 aliphatic rings. The molecule has 1 heterocycles. The van der Waals surface area contributed by atoms with Gasteiger partial charge in [-0.15, -0.1) is 0 Å². The summed E-state index contributed by atoms with van der Waals surface area (Å²) in [5, 5.41) is 2.85. The van der Waals surface area contributed by atoms with Crippen molar-refractivity contribution in [1.82, 2.24) is 14.9 Å². The van der Waals surface area contributed by atoms with E-state index >= 15 is 0 Å². The number of aromatic nitrogens is 2. The van der Waals surface area contributed by atoms with Gasteiger partial charge in [-0.05, 0) is 20.8 Å². The minimum Gasteiger partial charge on any atom is -0.352 e. The molecule has 5 heteroatoms. The fourth-order valence-corrected chi connectivity index (χ4v) is 1.37. The van der Waals surface area contributed by atoms with Gasteiger partial charge in [0.2, 0.25) is 5.91 Å². The van der Waals surface area contributed by atoms with Crippen LogP contribution in [0.25, 0.3) is 0 Å². The number of rotatable bonds is 4. The maximum absolute atomic E-state index is 11.7. The van der Waals surface area contributed by atoms with Gasteiger partial charge in [0.1, 0.15) is 6.04 Å². The molecular formula is C10H18N4O. The summed E-state index contributed by atoms with van der Waals surface area (Å²) in [6, 6.07) is -0.127. The maximum atomic E-state index is 11.7. The molecule has 5 nitrogen and oxygen atoms in total. The summed E-state index contributed by atoms with van der Waals surface area (Å²) >= 11 is 0. The van der Waals surface area contributed by atoms with E-state index in [4.69, 9.17) is 5.73 Å². The van der Waals surface area contributed by atoms with Crippen LogP contribution in [-0.4, -0.2) is 21.5 Å². The minimum atomic E-state index is -0.270. The summed E-state index contributed by atoms with van der Waals surface area (Å²) in [4.78, 5) is 15.7. The monoisotopic (exact) mass is 210 g/mol. The van der Waals surface area contributed by atoms with Crippen molar-refractivity contribution in [3.05, 3.63) is 18.2 Å². The van der Waals surface area contributed by atoms with E-state index in [9.17, 15) is 4.79 Å². The van der Waals surface area contributed by atoms with Crippen LogP contribution in [0.1, 0.15) is 32.5 Å². The van der Waals surface area contributed by atoms with Gasteiger partial charge in [-0.3, -0.25) is 4.79 Å². The molecule has 1 atom stereocenters. The number of hydrogen-bond donors (Lipinski definition) is 2. The Labute approximate surface area is 89.7 Å². The van der Waals surface area contributed by atoms with E-state index in [1.165, 1.54) is 0 Å². The van der Waals surface area contributed by atoms with E-state index in [1.54, 1.807) is 17.1 Å². The molecule has 0 aliphatic heterocycles. The van der Waals surface area contributed by atoms with Gasteiger partial charge in [-0.25, -0.2) is 4.98 Å². The number of imidazole rings is 1. The van der Waals surface area contributed by atoms with Gasteiger partial charge < -0.3 is 15.6 Å². The first-order valence-corrected chi connectivity index (χ1v) is 5.07. The van der Waals surface area contributed by atoms with Crippen molar-refractivity contribution in [2.45, 2.75) is 39.4 Å². The third-order valence-corrected chi connectivity index (χ3v) is 2.18. The fraction of sp³-hybridized carbons (Fsp3) is 0.600. The Morgan fingerprint density at radius 1 is 1.60 bits per heavy atom. The summed E-state index contributed by atoms with van der Waals surface area (Å²) in [7, 11) is 0. The molecule has 0 bridgehead atoms. The molecule has 0 saturated carbocycles. The Bertz CT molecular complexity index is 332. The molecule has 0 aromatic carbocycles. The summed E-state index contributed by atoms with van der Waals surface area (Å²) in [5.41, 5.74) is 6.40. The third-order valence-electron chi connectivity index (χ3n) is 2.18. The number of nitrogens with two attached hydrogens (primary N) is 1. The number of nitrogens with one attached hydrogen (secondary N) is 1. The fourth-order valence-electron chi connectivity index (χ4n) is 1.37. The Morgan fingerprint density at radius 2 is 2.27 bits per heavy atom.